The molecule has 2 nitrogen and oxygen atoms in total. The molecular weight excluding hydrogens is 271 g/mol. The molecule has 0 heterocycles. The highest BCUT2D eigenvalue weighted by Gasteiger charge is 2.29. The summed E-state index contributed by atoms with van der Waals surface area (Å²) in [5.74, 6) is -12.7. The number of carbonyl (C=O) groups excluding carboxylic acids is 1. The molecule has 0 saturated carbocycles. The first-order valence-electron chi connectivity index (χ1n) is 5.25. The van der Waals surface area contributed by atoms with Crippen LogP contribution in [0.3, 0.4) is 0 Å². The molecule has 19 heavy (non-hydrogen) atoms. The van der Waals surface area contributed by atoms with Gasteiger partial charge in [-0.1, -0.05) is 20.8 Å². The summed E-state index contributed by atoms with van der Waals surface area (Å²) >= 11 is 0. The lowest BCUT2D eigenvalue weighted by atomic mass is 9.91. The number of hydrogen-bond donors (Lipinski definition) is 0. The van der Waals surface area contributed by atoms with Crippen LogP contribution in [0.4, 0.5) is 22.0 Å². The molecule has 0 bridgehead atoms. The Morgan fingerprint density at radius 3 is 1.63 bits per heavy atom. The van der Waals surface area contributed by atoms with Gasteiger partial charge in [0.05, 0.1) is 0 Å². The van der Waals surface area contributed by atoms with Crippen LogP contribution in [0, 0.1) is 34.5 Å². The van der Waals surface area contributed by atoms with Crippen LogP contribution in [0.25, 0.3) is 0 Å². The van der Waals surface area contributed by atoms with E-state index in [-0.39, 0.29) is 0 Å². The first-order valence-corrected chi connectivity index (χ1v) is 5.25. The standard InChI is InChI=1S/C12H11F5O2/c1-12(2,3)5(18)4-19-11-9(16)7(14)6(13)8(15)10(11)17/h4H2,1-3H3. The van der Waals surface area contributed by atoms with E-state index in [9.17, 15) is 26.7 Å². The van der Waals surface area contributed by atoms with Crippen molar-refractivity contribution in [3.8, 4) is 5.75 Å². The van der Waals surface area contributed by atoms with Gasteiger partial charge in [0.25, 0.3) is 0 Å². The van der Waals surface area contributed by atoms with Gasteiger partial charge in [-0.05, 0) is 0 Å². The van der Waals surface area contributed by atoms with Gasteiger partial charge in [-0.3, -0.25) is 4.79 Å². The van der Waals surface area contributed by atoms with Crippen LogP contribution in [0.2, 0.25) is 0 Å². The number of hydrogen-bond acceptors (Lipinski definition) is 2. The molecule has 1 aromatic carbocycles. The molecule has 0 aliphatic carbocycles. The van der Waals surface area contributed by atoms with Crippen molar-refractivity contribution in [2.75, 3.05) is 6.61 Å². The number of rotatable bonds is 3. The van der Waals surface area contributed by atoms with E-state index in [1.807, 2.05) is 0 Å². The Bertz CT molecular complexity index is 491. The maximum absolute atomic E-state index is 13.2. The van der Waals surface area contributed by atoms with E-state index in [0.29, 0.717) is 0 Å². The normalized spacial score (nSPS) is 11.6. The average Bonchev–Trinajstić information content (AvgIpc) is 2.32. The fourth-order valence-electron chi connectivity index (χ4n) is 1.07. The quantitative estimate of drug-likeness (QED) is 0.482. The van der Waals surface area contributed by atoms with Gasteiger partial charge in [0.1, 0.15) is 6.61 Å². The van der Waals surface area contributed by atoms with Gasteiger partial charge in [0.2, 0.25) is 29.1 Å². The summed E-state index contributed by atoms with van der Waals surface area (Å²) in [7, 11) is 0. The summed E-state index contributed by atoms with van der Waals surface area (Å²) < 4.78 is 69.2. The molecule has 1 rings (SSSR count). The summed E-state index contributed by atoms with van der Waals surface area (Å²) in [6.45, 7) is 3.79. The highest BCUT2D eigenvalue weighted by atomic mass is 19.2. The zero-order chi connectivity index (χ0) is 15.0. The molecule has 0 N–H and O–H groups in total. The predicted octanol–water partition coefficient (Wildman–Crippen LogP) is 3.38. The average molecular weight is 282 g/mol. The first-order chi connectivity index (χ1) is 8.57. The summed E-state index contributed by atoms with van der Waals surface area (Å²) in [5.41, 5.74) is -0.857. The van der Waals surface area contributed by atoms with Crippen LogP contribution in [-0.2, 0) is 4.79 Å². The van der Waals surface area contributed by atoms with Crippen LogP contribution < -0.4 is 4.74 Å². The van der Waals surface area contributed by atoms with E-state index in [2.05, 4.69) is 4.74 Å². The molecule has 0 spiro atoms. The highest BCUT2D eigenvalue weighted by Crippen LogP contribution is 2.29. The van der Waals surface area contributed by atoms with Gasteiger partial charge in [0.15, 0.2) is 11.5 Å². The van der Waals surface area contributed by atoms with Gasteiger partial charge in [-0.15, -0.1) is 0 Å². The molecular formula is C12H11F5O2. The molecule has 1 aromatic rings. The topological polar surface area (TPSA) is 26.3 Å². The van der Waals surface area contributed by atoms with Crippen LogP contribution >= 0.6 is 0 Å². The molecule has 7 heteroatoms. The largest absolute Gasteiger partial charge is 0.480 e. The molecule has 0 aliphatic rings. The van der Waals surface area contributed by atoms with E-state index in [0.717, 1.165) is 0 Å². The van der Waals surface area contributed by atoms with Gasteiger partial charge in [-0.25, -0.2) is 13.2 Å². The Labute approximate surface area is 106 Å². The molecule has 0 radical (unpaired) electrons. The molecule has 0 aromatic heterocycles. The summed E-state index contributed by atoms with van der Waals surface area (Å²) in [4.78, 5) is 11.5. The van der Waals surface area contributed by atoms with Crippen molar-refractivity contribution >= 4 is 5.78 Å². The van der Waals surface area contributed by atoms with Crippen molar-refractivity contribution in [1.29, 1.82) is 0 Å². The Balaban J connectivity index is 3.07. The predicted molar refractivity (Wildman–Crippen MR) is 56.2 cm³/mol. The third kappa shape index (κ3) is 3.02. The first kappa shape index (κ1) is 15.4. The maximum atomic E-state index is 13.2. The van der Waals surface area contributed by atoms with Crippen molar-refractivity contribution in [3.63, 3.8) is 0 Å². The molecule has 106 valence electrons. The van der Waals surface area contributed by atoms with Crippen molar-refractivity contribution in [2.45, 2.75) is 20.8 Å². The second-order valence-electron chi connectivity index (χ2n) is 4.86. The number of halogens is 5. The minimum Gasteiger partial charge on any atom is -0.480 e. The summed E-state index contributed by atoms with van der Waals surface area (Å²) in [5, 5.41) is 0. The second-order valence-corrected chi connectivity index (χ2v) is 4.86. The van der Waals surface area contributed by atoms with E-state index in [1.54, 1.807) is 0 Å². The van der Waals surface area contributed by atoms with E-state index >= 15 is 0 Å². The van der Waals surface area contributed by atoms with Crippen LogP contribution in [-0.4, -0.2) is 12.4 Å². The monoisotopic (exact) mass is 282 g/mol. The van der Waals surface area contributed by atoms with Crippen LogP contribution in [0.1, 0.15) is 20.8 Å². The smallest absolute Gasteiger partial charge is 0.207 e. The van der Waals surface area contributed by atoms with Gasteiger partial charge in [0, 0.05) is 5.41 Å². The van der Waals surface area contributed by atoms with Crippen LogP contribution in [0.5, 0.6) is 5.75 Å². The Morgan fingerprint density at radius 1 is 0.895 bits per heavy atom. The van der Waals surface area contributed by atoms with E-state index in [1.165, 1.54) is 20.8 Å². The van der Waals surface area contributed by atoms with E-state index < -0.39 is 52.6 Å². The second kappa shape index (κ2) is 5.14. The van der Waals surface area contributed by atoms with Crippen molar-refractivity contribution in [3.05, 3.63) is 29.1 Å². The fourth-order valence-corrected chi connectivity index (χ4v) is 1.07. The van der Waals surface area contributed by atoms with Gasteiger partial charge < -0.3 is 4.74 Å². The van der Waals surface area contributed by atoms with Crippen LogP contribution in [0.15, 0.2) is 0 Å². The molecule has 0 unspecified atom stereocenters. The SMILES string of the molecule is CC(C)(C)C(=O)COc1c(F)c(F)c(F)c(F)c1F. The number of ether oxygens (including phenoxy) is 1. The minimum absolute atomic E-state index is 0.545. The van der Waals surface area contributed by atoms with Crippen molar-refractivity contribution in [1.82, 2.24) is 0 Å². The Morgan fingerprint density at radius 2 is 1.26 bits per heavy atom. The zero-order valence-corrected chi connectivity index (χ0v) is 10.4. The van der Waals surface area contributed by atoms with Gasteiger partial charge in [-0.2, -0.15) is 8.78 Å². The lowest BCUT2D eigenvalue weighted by Gasteiger charge is -2.17. The molecule has 0 fully saturated rings. The van der Waals surface area contributed by atoms with Crippen molar-refractivity contribution < 1.29 is 31.5 Å². The number of ketones is 1. The fraction of sp³-hybridized carbons (Fsp3) is 0.417. The van der Waals surface area contributed by atoms with Gasteiger partial charge >= 0.3 is 0 Å². The number of benzene rings is 1. The lowest BCUT2D eigenvalue weighted by Crippen LogP contribution is -2.27. The Kier molecular flexibility index (Phi) is 4.17. The highest BCUT2D eigenvalue weighted by molar-refractivity contribution is 5.85. The third-order valence-corrected chi connectivity index (χ3v) is 2.35. The molecule has 0 saturated heterocycles. The summed E-state index contributed by atoms with van der Waals surface area (Å²) in [6, 6.07) is 0. The maximum Gasteiger partial charge on any atom is 0.207 e. The molecule has 0 amide bonds. The lowest BCUT2D eigenvalue weighted by molar-refractivity contribution is -0.128. The summed E-state index contributed by atoms with van der Waals surface area (Å²) in [6.07, 6.45) is 0. The Hall–Kier alpha value is -1.66. The zero-order valence-electron chi connectivity index (χ0n) is 10.4. The van der Waals surface area contributed by atoms with Crippen molar-refractivity contribution in [2.24, 2.45) is 5.41 Å². The molecule has 0 atom stereocenters. The third-order valence-electron chi connectivity index (χ3n) is 2.35. The molecule has 0 aliphatic heterocycles. The number of Topliss-reactive ketones (excluding diaryl/α,β-unsaturated/α-hetero) is 1. The number of carbonyl (C=O) groups is 1. The van der Waals surface area contributed by atoms with E-state index in [4.69, 9.17) is 0 Å². The minimum atomic E-state index is -2.27.